The molecule has 3 aliphatic heterocycles. The highest BCUT2D eigenvalue weighted by Gasteiger charge is 2.37. The van der Waals surface area contributed by atoms with Crippen LogP contribution in [0, 0.1) is 5.95 Å². The van der Waals surface area contributed by atoms with Gasteiger partial charge in [-0.3, -0.25) is 9.78 Å². The van der Waals surface area contributed by atoms with Crippen molar-refractivity contribution in [1.82, 2.24) is 15.3 Å². The average Bonchev–Trinajstić information content (AvgIpc) is 3.36. The van der Waals surface area contributed by atoms with Crippen LogP contribution < -0.4 is 15.1 Å². The van der Waals surface area contributed by atoms with Crippen LogP contribution in [0.15, 0.2) is 47.3 Å². The Hall–Kier alpha value is -2.68. The van der Waals surface area contributed by atoms with Gasteiger partial charge in [-0.2, -0.15) is 4.39 Å². The predicted octanol–water partition coefficient (Wildman–Crippen LogP) is 3.15. The van der Waals surface area contributed by atoms with E-state index in [1.165, 1.54) is 11.8 Å². The van der Waals surface area contributed by atoms with E-state index in [9.17, 15) is 13.6 Å². The number of anilines is 2. The maximum atomic E-state index is 14.8. The quantitative estimate of drug-likeness (QED) is 0.778. The fourth-order valence-corrected chi connectivity index (χ4v) is 5.14. The van der Waals surface area contributed by atoms with E-state index in [2.05, 4.69) is 15.3 Å². The predicted molar refractivity (Wildman–Crippen MR) is 108 cm³/mol. The van der Waals surface area contributed by atoms with E-state index in [-0.39, 0.29) is 12.5 Å². The summed E-state index contributed by atoms with van der Waals surface area (Å²) in [5.74, 6) is -0.243. The molecule has 0 radical (unpaired) electrons. The van der Waals surface area contributed by atoms with Gasteiger partial charge in [-0.25, -0.2) is 9.37 Å². The van der Waals surface area contributed by atoms with Gasteiger partial charge < -0.3 is 15.1 Å². The molecule has 150 valence electrons. The van der Waals surface area contributed by atoms with Crippen molar-refractivity contribution < 1.29 is 13.6 Å². The monoisotopic (exact) mass is 415 g/mol. The molecule has 3 aliphatic rings. The molecule has 5 heterocycles. The van der Waals surface area contributed by atoms with Crippen molar-refractivity contribution in [2.75, 3.05) is 29.4 Å². The Morgan fingerprint density at radius 2 is 2.14 bits per heavy atom. The zero-order valence-corrected chi connectivity index (χ0v) is 16.3. The Kier molecular flexibility index (Phi) is 4.61. The van der Waals surface area contributed by atoms with Crippen molar-refractivity contribution in [3.05, 3.63) is 58.8 Å². The lowest BCUT2D eigenvalue weighted by molar-refractivity contribution is -0.114. The number of nitrogens with zero attached hydrogens (tertiary/aromatic N) is 4. The minimum atomic E-state index is -0.892. The Bertz CT molecular complexity index is 986. The van der Waals surface area contributed by atoms with Crippen LogP contribution >= 0.6 is 11.8 Å². The van der Waals surface area contributed by atoms with Crippen molar-refractivity contribution in [2.45, 2.75) is 24.4 Å². The molecular weight excluding hydrogens is 396 g/mol. The highest BCUT2D eigenvalue weighted by molar-refractivity contribution is 8.04. The number of pyridine rings is 2. The van der Waals surface area contributed by atoms with Gasteiger partial charge in [0.2, 0.25) is 5.95 Å². The van der Waals surface area contributed by atoms with E-state index >= 15 is 0 Å². The number of alkyl halides is 1. The first-order chi connectivity index (χ1) is 14.1. The van der Waals surface area contributed by atoms with Crippen LogP contribution in [0.25, 0.3) is 0 Å². The lowest BCUT2D eigenvalue weighted by atomic mass is 10.1. The Morgan fingerprint density at radius 3 is 2.86 bits per heavy atom. The number of rotatable bonds is 3. The number of nitrogens with one attached hydrogen (secondary N) is 1. The second-order valence-electron chi connectivity index (χ2n) is 7.25. The number of carbonyl (C=O) groups excluding carboxylic acids is 1. The maximum absolute atomic E-state index is 14.8. The second-order valence-corrected chi connectivity index (χ2v) is 8.36. The SMILES string of the molecule is O=C1C2=C(CCN1c1cccnc1)NC(c1ccc(N3CCC(F)C3)nc1F)S2. The molecule has 2 aromatic heterocycles. The standard InChI is InChI=1S/C20H19F2N5OS/c21-12-5-8-26(11-12)16-4-3-14(18(22)25-16)19-24-15-6-9-27(20(28)17(15)29-19)13-2-1-7-23-10-13/h1-4,7,10,12,19,24H,5-6,8-9,11H2. The molecule has 2 unspecified atom stereocenters. The first-order valence-corrected chi connectivity index (χ1v) is 10.4. The number of hydrogen-bond donors (Lipinski definition) is 1. The fourth-order valence-electron chi connectivity index (χ4n) is 3.89. The van der Waals surface area contributed by atoms with Gasteiger partial charge in [0.25, 0.3) is 5.91 Å². The molecule has 0 aliphatic carbocycles. The Labute approximate surface area is 171 Å². The van der Waals surface area contributed by atoms with Crippen molar-refractivity contribution in [2.24, 2.45) is 0 Å². The van der Waals surface area contributed by atoms with Gasteiger partial charge in [0.1, 0.15) is 17.4 Å². The van der Waals surface area contributed by atoms with Gasteiger partial charge in [-0.05, 0) is 30.7 Å². The minimum Gasteiger partial charge on any atom is -0.371 e. The summed E-state index contributed by atoms with van der Waals surface area (Å²) in [5, 5.41) is 2.86. The summed E-state index contributed by atoms with van der Waals surface area (Å²) in [5.41, 5.74) is 1.99. The molecule has 0 saturated carbocycles. The van der Waals surface area contributed by atoms with E-state index in [1.54, 1.807) is 40.4 Å². The van der Waals surface area contributed by atoms with Crippen LogP contribution in [0.2, 0.25) is 0 Å². The summed E-state index contributed by atoms with van der Waals surface area (Å²) in [6.45, 7) is 1.33. The third-order valence-corrected chi connectivity index (χ3v) is 6.66. The van der Waals surface area contributed by atoms with Crippen LogP contribution in [-0.2, 0) is 4.79 Å². The molecule has 0 spiro atoms. The van der Waals surface area contributed by atoms with Crippen LogP contribution in [0.5, 0.6) is 0 Å². The Morgan fingerprint density at radius 1 is 1.24 bits per heavy atom. The molecule has 6 nitrogen and oxygen atoms in total. The zero-order chi connectivity index (χ0) is 20.0. The largest absolute Gasteiger partial charge is 0.371 e. The lowest BCUT2D eigenvalue weighted by Gasteiger charge is -2.26. The number of aromatic nitrogens is 2. The molecule has 0 bridgehead atoms. The summed E-state index contributed by atoms with van der Waals surface area (Å²) in [4.78, 5) is 25.1. The van der Waals surface area contributed by atoms with Crippen molar-refractivity contribution in [1.29, 1.82) is 0 Å². The smallest absolute Gasteiger partial charge is 0.266 e. The first-order valence-electron chi connectivity index (χ1n) is 9.54. The molecule has 29 heavy (non-hydrogen) atoms. The molecular formula is C20H19F2N5OS. The summed E-state index contributed by atoms with van der Waals surface area (Å²) in [6.07, 6.45) is 3.54. The van der Waals surface area contributed by atoms with E-state index in [4.69, 9.17) is 0 Å². The minimum absolute atomic E-state index is 0.102. The summed E-state index contributed by atoms with van der Waals surface area (Å²) in [7, 11) is 0. The second kappa shape index (κ2) is 7.29. The number of thioether (sulfide) groups is 1. The van der Waals surface area contributed by atoms with Gasteiger partial charge in [0.15, 0.2) is 0 Å². The van der Waals surface area contributed by atoms with Gasteiger partial charge in [0.05, 0.1) is 23.3 Å². The maximum Gasteiger partial charge on any atom is 0.266 e. The van der Waals surface area contributed by atoms with Crippen LogP contribution in [-0.4, -0.2) is 41.7 Å². The highest BCUT2D eigenvalue weighted by Crippen LogP contribution is 2.45. The van der Waals surface area contributed by atoms with Crippen LogP contribution in [0.1, 0.15) is 23.8 Å². The van der Waals surface area contributed by atoms with Gasteiger partial charge in [-0.1, -0.05) is 11.8 Å². The summed E-state index contributed by atoms with van der Waals surface area (Å²) in [6, 6.07) is 7.04. The molecule has 0 aromatic carbocycles. The average molecular weight is 415 g/mol. The molecule has 1 fully saturated rings. The zero-order valence-electron chi connectivity index (χ0n) is 15.5. The first kappa shape index (κ1) is 18.4. The van der Waals surface area contributed by atoms with E-state index < -0.39 is 17.5 Å². The highest BCUT2D eigenvalue weighted by atomic mass is 32.2. The molecule has 1 saturated heterocycles. The van der Waals surface area contributed by atoms with Gasteiger partial charge in [0, 0.05) is 37.0 Å². The third-order valence-electron chi connectivity index (χ3n) is 5.40. The van der Waals surface area contributed by atoms with Crippen molar-refractivity contribution in [3.8, 4) is 0 Å². The number of carbonyl (C=O) groups is 1. The molecule has 1 amide bonds. The van der Waals surface area contributed by atoms with Crippen LogP contribution in [0.3, 0.4) is 0 Å². The van der Waals surface area contributed by atoms with E-state index in [0.29, 0.717) is 42.2 Å². The molecule has 2 atom stereocenters. The Balaban J connectivity index is 1.33. The molecule has 2 aromatic rings. The van der Waals surface area contributed by atoms with Gasteiger partial charge in [-0.15, -0.1) is 0 Å². The molecule has 5 rings (SSSR count). The van der Waals surface area contributed by atoms with Crippen molar-refractivity contribution >= 4 is 29.2 Å². The van der Waals surface area contributed by atoms with E-state index in [0.717, 1.165) is 11.4 Å². The normalized spacial score (nSPS) is 24.1. The molecule has 1 N–H and O–H groups in total. The number of halogens is 2. The van der Waals surface area contributed by atoms with E-state index in [1.807, 2.05) is 6.07 Å². The number of hydrogen-bond acceptors (Lipinski definition) is 6. The fraction of sp³-hybridized carbons (Fsp3) is 0.350. The lowest BCUT2D eigenvalue weighted by Crippen LogP contribution is -2.37. The third kappa shape index (κ3) is 3.33. The number of amides is 1. The summed E-state index contributed by atoms with van der Waals surface area (Å²) < 4.78 is 28.2. The molecule has 9 heteroatoms. The summed E-state index contributed by atoms with van der Waals surface area (Å²) >= 11 is 1.31. The van der Waals surface area contributed by atoms with Crippen molar-refractivity contribution in [3.63, 3.8) is 0 Å². The van der Waals surface area contributed by atoms with Gasteiger partial charge >= 0.3 is 0 Å². The topological polar surface area (TPSA) is 61.4 Å². The van der Waals surface area contributed by atoms with Crippen LogP contribution in [0.4, 0.5) is 20.3 Å².